The first-order valence-electron chi connectivity index (χ1n) is 5.14. The van der Waals surface area contributed by atoms with Gasteiger partial charge in [0, 0.05) is 11.8 Å². The molecule has 0 saturated heterocycles. The highest BCUT2D eigenvalue weighted by molar-refractivity contribution is 9.10. The number of halogens is 1. The molecule has 0 amide bonds. The van der Waals surface area contributed by atoms with Gasteiger partial charge in [-0.2, -0.15) is 0 Å². The molecule has 0 fully saturated rings. The third-order valence-corrected chi connectivity index (χ3v) is 3.12. The zero-order chi connectivity index (χ0) is 11.7. The number of aromatic nitrogens is 2. The minimum Gasteiger partial charge on any atom is -0.231 e. The Morgan fingerprint density at radius 3 is 2.38 bits per heavy atom. The molecule has 0 atom stereocenters. The minimum atomic E-state index is 0.627. The van der Waals surface area contributed by atoms with Crippen molar-refractivity contribution in [3.8, 4) is 11.3 Å². The molecule has 0 bridgehead atoms. The summed E-state index contributed by atoms with van der Waals surface area (Å²) in [5.74, 6) is 0. The molecular formula is C13H13BrN2. The molecule has 3 heteroatoms. The fourth-order valence-corrected chi connectivity index (χ4v) is 2.03. The summed E-state index contributed by atoms with van der Waals surface area (Å²) in [4.78, 5) is 8.42. The number of hydrogen-bond acceptors (Lipinski definition) is 2. The number of aryl methyl sites for hydroxylation is 3. The Morgan fingerprint density at radius 1 is 1.00 bits per heavy atom. The molecule has 1 heterocycles. The van der Waals surface area contributed by atoms with E-state index >= 15 is 0 Å². The van der Waals surface area contributed by atoms with E-state index in [-0.39, 0.29) is 0 Å². The molecule has 0 radical (unpaired) electrons. The molecule has 0 saturated carbocycles. The Kier molecular flexibility index (Phi) is 3.06. The fourth-order valence-electron chi connectivity index (χ4n) is 1.72. The number of benzene rings is 1. The molecule has 1 aromatic heterocycles. The van der Waals surface area contributed by atoms with E-state index in [1.165, 1.54) is 22.3 Å². The minimum absolute atomic E-state index is 0.627. The van der Waals surface area contributed by atoms with Gasteiger partial charge in [0.05, 0.1) is 5.69 Å². The third-order valence-electron chi connectivity index (χ3n) is 2.74. The molecule has 0 aliphatic carbocycles. The van der Waals surface area contributed by atoms with E-state index in [0.717, 1.165) is 5.69 Å². The van der Waals surface area contributed by atoms with Crippen LogP contribution in [0.1, 0.15) is 16.7 Å². The van der Waals surface area contributed by atoms with Crippen molar-refractivity contribution in [3.63, 3.8) is 0 Å². The van der Waals surface area contributed by atoms with Crippen molar-refractivity contribution in [2.45, 2.75) is 20.8 Å². The van der Waals surface area contributed by atoms with Crippen molar-refractivity contribution in [1.82, 2.24) is 9.97 Å². The van der Waals surface area contributed by atoms with Crippen LogP contribution in [0, 0.1) is 20.8 Å². The van der Waals surface area contributed by atoms with Crippen molar-refractivity contribution in [2.24, 2.45) is 0 Å². The van der Waals surface area contributed by atoms with E-state index in [1.807, 2.05) is 6.07 Å². The third kappa shape index (κ3) is 2.14. The Labute approximate surface area is 104 Å². The van der Waals surface area contributed by atoms with Crippen molar-refractivity contribution >= 4 is 15.9 Å². The van der Waals surface area contributed by atoms with Crippen LogP contribution in [0.15, 0.2) is 29.1 Å². The number of hydrogen-bond donors (Lipinski definition) is 0. The molecule has 0 unspecified atom stereocenters. The highest BCUT2D eigenvalue weighted by Gasteiger charge is 2.06. The van der Waals surface area contributed by atoms with Gasteiger partial charge in [-0.15, -0.1) is 0 Å². The Morgan fingerprint density at radius 2 is 1.69 bits per heavy atom. The quantitative estimate of drug-likeness (QED) is 0.740. The van der Waals surface area contributed by atoms with Crippen LogP contribution in [0.25, 0.3) is 11.3 Å². The molecule has 0 N–H and O–H groups in total. The Hall–Kier alpha value is -1.22. The molecule has 2 rings (SSSR count). The van der Waals surface area contributed by atoms with Crippen molar-refractivity contribution in [3.05, 3.63) is 45.8 Å². The van der Waals surface area contributed by atoms with Gasteiger partial charge >= 0.3 is 0 Å². The van der Waals surface area contributed by atoms with Crippen LogP contribution in [-0.4, -0.2) is 9.97 Å². The topological polar surface area (TPSA) is 25.8 Å². The predicted octanol–water partition coefficient (Wildman–Crippen LogP) is 3.83. The summed E-state index contributed by atoms with van der Waals surface area (Å²) in [6, 6.07) is 6.31. The summed E-state index contributed by atoms with van der Waals surface area (Å²) in [7, 11) is 0. The van der Waals surface area contributed by atoms with Gasteiger partial charge in [-0.25, -0.2) is 9.97 Å². The van der Waals surface area contributed by atoms with E-state index in [2.05, 4.69) is 58.8 Å². The first-order valence-corrected chi connectivity index (χ1v) is 5.94. The number of nitrogens with zero attached hydrogens (tertiary/aromatic N) is 2. The second kappa shape index (κ2) is 4.34. The van der Waals surface area contributed by atoms with Gasteiger partial charge in [-0.3, -0.25) is 0 Å². The van der Waals surface area contributed by atoms with Crippen LogP contribution in [0.5, 0.6) is 0 Å². The standard InChI is InChI=1S/C13H13BrN2/c1-8-6-10(3)11(7-9(8)2)12-4-5-15-13(14)16-12/h4-7H,1-3H3. The van der Waals surface area contributed by atoms with E-state index in [9.17, 15) is 0 Å². The van der Waals surface area contributed by atoms with Gasteiger partial charge in [0.2, 0.25) is 0 Å². The van der Waals surface area contributed by atoms with Crippen molar-refractivity contribution in [2.75, 3.05) is 0 Å². The highest BCUT2D eigenvalue weighted by Crippen LogP contribution is 2.25. The lowest BCUT2D eigenvalue weighted by molar-refractivity contribution is 1.11. The summed E-state index contributed by atoms with van der Waals surface area (Å²) in [5.41, 5.74) is 5.98. The fraction of sp³-hybridized carbons (Fsp3) is 0.231. The SMILES string of the molecule is Cc1cc(C)c(-c2ccnc(Br)n2)cc1C. The summed E-state index contributed by atoms with van der Waals surface area (Å²) in [6.45, 7) is 6.36. The van der Waals surface area contributed by atoms with Gasteiger partial charge in [-0.1, -0.05) is 6.07 Å². The average Bonchev–Trinajstić information content (AvgIpc) is 2.23. The maximum absolute atomic E-state index is 4.38. The average molecular weight is 277 g/mol. The van der Waals surface area contributed by atoms with Gasteiger partial charge in [-0.05, 0) is 65.5 Å². The highest BCUT2D eigenvalue weighted by atomic mass is 79.9. The van der Waals surface area contributed by atoms with Crippen LogP contribution in [0.3, 0.4) is 0 Å². The molecule has 0 aliphatic rings. The second-order valence-corrected chi connectivity index (χ2v) is 4.67. The first kappa shape index (κ1) is 11.3. The zero-order valence-corrected chi connectivity index (χ0v) is 11.2. The molecule has 2 aromatic rings. The van der Waals surface area contributed by atoms with Crippen molar-refractivity contribution < 1.29 is 0 Å². The van der Waals surface area contributed by atoms with E-state index in [0.29, 0.717) is 4.73 Å². The van der Waals surface area contributed by atoms with Crippen LogP contribution in [0.2, 0.25) is 0 Å². The van der Waals surface area contributed by atoms with Gasteiger partial charge in [0.25, 0.3) is 0 Å². The normalized spacial score (nSPS) is 10.5. The monoisotopic (exact) mass is 276 g/mol. The lowest BCUT2D eigenvalue weighted by Gasteiger charge is -2.09. The maximum Gasteiger partial charge on any atom is 0.197 e. The second-order valence-electron chi connectivity index (χ2n) is 3.96. The molecule has 0 aliphatic heterocycles. The summed E-state index contributed by atoms with van der Waals surface area (Å²) in [6.07, 6.45) is 1.76. The Balaban J connectivity index is 2.60. The van der Waals surface area contributed by atoms with Crippen LogP contribution in [-0.2, 0) is 0 Å². The van der Waals surface area contributed by atoms with E-state index < -0.39 is 0 Å². The molecule has 1 aromatic carbocycles. The van der Waals surface area contributed by atoms with E-state index in [4.69, 9.17) is 0 Å². The van der Waals surface area contributed by atoms with Gasteiger partial charge in [0.1, 0.15) is 0 Å². The summed E-state index contributed by atoms with van der Waals surface area (Å²) >= 11 is 3.29. The van der Waals surface area contributed by atoms with Crippen LogP contribution in [0.4, 0.5) is 0 Å². The number of rotatable bonds is 1. The molecular weight excluding hydrogens is 264 g/mol. The summed E-state index contributed by atoms with van der Waals surface area (Å²) < 4.78 is 0.627. The van der Waals surface area contributed by atoms with Gasteiger partial charge < -0.3 is 0 Å². The molecule has 82 valence electrons. The van der Waals surface area contributed by atoms with Crippen molar-refractivity contribution in [1.29, 1.82) is 0 Å². The smallest absolute Gasteiger partial charge is 0.197 e. The first-order chi connectivity index (χ1) is 7.58. The molecule has 2 nitrogen and oxygen atoms in total. The zero-order valence-electron chi connectivity index (χ0n) is 9.58. The molecule has 16 heavy (non-hydrogen) atoms. The largest absolute Gasteiger partial charge is 0.231 e. The van der Waals surface area contributed by atoms with Gasteiger partial charge in [0.15, 0.2) is 4.73 Å². The predicted molar refractivity (Wildman–Crippen MR) is 69.4 cm³/mol. The van der Waals surface area contributed by atoms with Crippen LogP contribution >= 0.6 is 15.9 Å². The maximum atomic E-state index is 4.38. The molecule has 0 spiro atoms. The van der Waals surface area contributed by atoms with E-state index in [1.54, 1.807) is 6.20 Å². The summed E-state index contributed by atoms with van der Waals surface area (Å²) in [5, 5.41) is 0. The lowest BCUT2D eigenvalue weighted by Crippen LogP contribution is -1.92. The lowest BCUT2D eigenvalue weighted by atomic mass is 9.99. The Bertz CT molecular complexity index is 535. The van der Waals surface area contributed by atoms with Crippen LogP contribution < -0.4 is 0 Å².